The molecule has 0 saturated carbocycles. The molecular formula is C20H24N2O4S. The molecule has 3 heterocycles. The molecule has 2 fully saturated rings. The number of pyridine rings is 1. The van der Waals surface area contributed by atoms with E-state index in [0.29, 0.717) is 30.1 Å². The van der Waals surface area contributed by atoms with Gasteiger partial charge in [0.25, 0.3) is 0 Å². The quantitative estimate of drug-likeness (QED) is 0.760. The van der Waals surface area contributed by atoms with Gasteiger partial charge in [-0.3, -0.25) is 4.98 Å². The molecule has 2 atom stereocenters. The molecule has 2 aliphatic heterocycles. The van der Waals surface area contributed by atoms with Gasteiger partial charge in [-0.25, -0.2) is 8.42 Å². The second kappa shape index (κ2) is 7.48. The Hall–Kier alpha value is -2.12. The number of nitrogens with zero attached hydrogens (tertiary/aromatic N) is 2. The van der Waals surface area contributed by atoms with Gasteiger partial charge in [-0.15, -0.1) is 0 Å². The van der Waals surface area contributed by atoms with E-state index in [4.69, 9.17) is 9.47 Å². The number of hydrogen-bond acceptors (Lipinski definition) is 5. The van der Waals surface area contributed by atoms with Crippen molar-refractivity contribution in [1.82, 2.24) is 9.29 Å². The highest BCUT2D eigenvalue weighted by atomic mass is 32.2. The number of sulfonamides is 1. The van der Waals surface area contributed by atoms with Gasteiger partial charge in [0.2, 0.25) is 10.0 Å². The first kappa shape index (κ1) is 18.3. The summed E-state index contributed by atoms with van der Waals surface area (Å²) in [6.07, 6.45) is 6.62. The van der Waals surface area contributed by atoms with Crippen molar-refractivity contribution in [1.29, 1.82) is 0 Å². The van der Waals surface area contributed by atoms with Crippen LogP contribution in [0.3, 0.4) is 0 Å². The number of rotatable bonds is 6. The molecule has 144 valence electrons. The molecule has 1 aromatic heterocycles. The number of piperidine rings is 1. The zero-order valence-electron chi connectivity index (χ0n) is 15.3. The maximum Gasteiger partial charge on any atom is 0.243 e. The van der Waals surface area contributed by atoms with Gasteiger partial charge in [0.1, 0.15) is 17.6 Å². The summed E-state index contributed by atoms with van der Waals surface area (Å²) in [6, 6.07) is 10.4. The van der Waals surface area contributed by atoms with Crippen LogP contribution in [0.1, 0.15) is 32.6 Å². The third-order valence-corrected chi connectivity index (χ3v) is 7.29. The van der Waals surface area contributed by atoms with Gasteiger partial charge in [-0.05, 0) is 56.2 Å². The van der Waals surface area contributed by atoms with Crippen molar-refractivity contribution in [3.8, 4) is 11.5 Å². The maximum absolute atomic E-state index is 13.2. The standard InChI is InChI=1S/C20H24N2O4S/c1-2-25-17-7-9-20(10-8-17)27(23,24)22-15-5-6-16(22)13-19(12-15)26-18-4-3-11-21-14-18/h3-4,7-11,14-16,19H,2,5-6,12-13H2,1H3. The minimum atomic E-state index is -3.52. The molecule has 2 bridgehead atoms. The van der Waals surface area contributed by atoms with E-state index < -0.39 is 10.0 Å². The maximum atomic E-state index is 13.2. The summed E-state index contributed by atoms with van der Waals surface area (Å²) in [5.74, 6) is 1.42. The zero-order valence-corrected chi connectivity index (χ0v) is 16.1. The largest absolute Gasteiger partial charge is 0.494 e. The first-order valence-electron chi connectivity index (χ1n) is 9.41. The molecule has 2 aliphatic rings. The van der Waals surface area contributed by atoms with E-state index in [1.165, 1.54) is 0 Å². The molecule has 2 aromatic rings. The molecule has 1 aromatic carbocycles. The van der Waals surface area contributed by atoms with Crippen LogP contribution in [0.25, 0.3) is 0 Å². The summed E-state index contributed by atoms with van der Waals surface area (Å²) in [7, 11) is -3.52. The summed E-state index contributed by atoms with van der Waals surface area (Å²) in [5, 5.41) is 0. The fourth-order valence-electron chi connectivity index (χ4n) is 4.18. The van der Waals surface area contributed by atoms with E-state index in [1.807, 2.05) is 19.1 Å². The van der Waals surface area contributed by atoms with Gasteiger partial charge < -0.3 is 9.47 Å². The second-order valence-electron chi connectivity index (χ2n) is 7.02. The van der Waals surface area contributed by atoms with Crippen LogP contribution in [-0.4, -0.2) is 42.5 Å². The van der Waals surface area contributed by atoms with Crippen LogP contribution in [0.4, 0.5) is 0 Å². The molecule has 6 nitrogen and oxygen atoms in total. The summed E-state index contributed by atoms with van der Waals surface area (Å²) in [4.78, 5) is 4.40. The van der Waals surface area contributed by atoms with Crippen molar-refractivity contribution >= 4 is 10.0 Å². The molecule has 0 amide bonds. The van der Waals surface area contributed by atoms with Crippen LogP contribution < -0.4 is 9.47 Å². The molecule has 2 unspecified atom stereocenters. The van der Waals surface area contributed by atoms with Gasteiger partial charge in [0.05, 0.1) is 17.7 Å². The second-order valence-corrected chi connectivity index (χ2v) is 8.87. The van der Waals surface area contributed by atoms with Crippen LogP contribution in [-0.2, 0) is 10.0 Å². The van der Waals surface area contributed by atoms with Crippen molar-refractivity contribution in [3.05, 3.63) is 48.8 Å². The van der Waals surface area contributed by atoms with Crippen molar-refractivity contribution in [2.45, 2.75) is 55.7 Å². The average Bonchev–Trinajstić information content (AvgIpc) is 2.96. The van der Waals surface area contributed by atoms with Gasteiger partial charge in [-0.2, -0.15) is 4.31 Å². The average molecular weight is 388 g/mol. The molecular weight excluding hydrogens is 364 g/mol. The number of fused-ring (bicyclic) bond motifs is 2. The number of aromatic nitrogens is 1. The van der Waals surface area contributed by atoms with Gasteiger partial charge >= 0.3 is 0 Å². The normalized spacial score (nSPS) is 25.3. The summed E-state index contributed by atoms with van der Waals surface area (Å²) < 4.78 is 39.6. The predicted octanol–water partition coefficient (Wildman–Crippen LogP) is 3.24. The van der Waals surface area contributed by atoms with E-state index in [2.05, 4.69) is 4.98 Å². The lowest BCUT2D eigenvalue weighted by molar-refractivity contribution is 0.0953. The van der Waals surface area contributed by atoms with Gasteiger partial charge in [-0.1, -0.05) is 0 Å². The Morgan fingerprint density at radius 1 is 1.07 bits per heavy atom. The lowest BCUT2D eigenvalue weighted by atomic mass is 10.0. The fraction of sp³-hybridized carbons (Fsp3) is 0.450. The highest BCUT2D eigenvalue weighted by Crippen LogP contribution is 2.41. The highest BCUT2D eigenvalue weighted by Gasteiger charge is 2.47. The predicted molar refractivity (Wildman–Crippen MR) is 101 cm³/mol. The van der Waals surface area contributed by atoms with Crippen LogP contribution >= 0.6 is 0 Å². The topological polar surface area (TPSA) is 68.7 Å². The van der Waals surface area contributed by atoms with Crippen molar-refractivity contribution in [3.63, 3.8) is 0 Å². The molecule has 0 aliphatic carbocycles. The van der Waals surface area contributed by atoms with Crippen molar-refractivity contribution in [2.24, 2.45) is 0 Å². The monoisotopic (exact) mass is 388 g/mol. The zero-order chi connectivity index (χ0) is 18.9. The Labute approximate surface area is 160 Å². The van der Waals surface area contributed by atoms with E-state index in [1.54, 1.807) is 41.0 Å². The SMILES string of the molecule is CCOc1ccc(S(=O)(=O)N2C3CCC2CC(Oc2cccnc2)C3)cc1. The fourth-order valence-corrected chi connectivity index (χ4v) is 6.07. The number of benzene rings is 1. The smallest absolute Gasteiger partial charge is 0.243 e. The van der Waals surface area contributed by atoms with E-state index in [-0.39, 0.29) is 18.2 Å². The van der Waals surface area contributed by atoms with Crippen LogP contribution in [0.15, 0.2) is 53.7 Å². The van der Waals surface area contributed by atoms with E-state index in [9.17, 15) is 8.42 Å². The first-order chi connectivity index (χ1) is 13.1. The minimum absolute atomic E-state index is 0.0120. The lowest BCUT2D eigenvalue weighted by Gasteiger charge is -2.37. The molecule has 27 heavy (non-hydrogen) atoms. The Morgan fingerprint density at radius 3 is 2.37 bits per heavy atom. The first-order valence-corrected chi connectivity index (χ1v) is 10.8. The van der Waals surface area contributed by atoms with Crippen LogP contribution in [0, 0.1) is 0 Å². The molecule has 2 saturated heterocycles. The third kappa shape index (κ3) is 3.66. The lowest BCUT2D eigenvalue weighted by Crippen LogP contribution is -2.49. The number of ether oxygens (including phenoxy) is 2. The summed E-state index contributed by atoms with van der Waals surface area (Å²) >= 11 is 0. The van der Waals surface area contributed by atoms with Gasteiger partial charge in [0, 0.05) is 31.1 Å². The molecule has 7 heteroatoms. The molecule has 0 N–H and O–H groups in total. The Kier molecular flexibility index (Phi) is 5.06. The van der Waals surface area contributed by atoms with E-state index >= 15 is 0 Å². The van der Waals surface area contributed by atoms with Crippen molar-refractivity contribution < 1.29 is 17.9 Å². The van der Waals surface area contributed by atoms with Crippen LogP contribution in [0.5, 0.6) is 11.5 Å². The molecule has 0 radical (unpaired) electrons. The Balaban J connectivity index is 1.50. The highest BCUT2D eigenvalue weighted by molar-refractivity contribution is 7.89. The summed E-state index contributed by atoms with van der Waals surface area (Å²) in [5.41, 5.74) is 0. The number of hydrogen-bond donors (Lipinski definition) is 0. The Bertz CT molecular complexity index is 857. The Morgan fingerprint density at radius 2 is 1.78 bits per heavy atom. The summed E-state index contributed by atoms with van der Waals surface area (Å²) in [6.45, 7) is 2.46. The minimum Gasteiger partial charge on any atom is -0.494 e. The van der Waals surface area contributed by atoms with Crippen LogP contribution in [0.2, 0.25) is 0 Å². The van der Waals surface area contributed by atoms with E-state index in [0.717, 1.165) is 18.6 Å². The molecule has 0 spiro atoms. The third-order valence-electron chi connectivity index (χ3n) is 5.27. The van der Waals surface area contributed by atoms with Crippen molar-refractivity contribution in [2.75, 3.05) is 6.61 Å². The van der Waals surface area contributed by atoms with Gasteiger partial charge in [0.15, 0.2) is 0 Å². The molecule has 4 rings (SSSR count).